The number of rotatable bonds is 5. The van der Waals surface area contributed by atoms with Crippen LogP contribution in [-0.4, -0.2) is 34.1 Å². The van der Waals surface area contributed by atoms with E-state index in [9.17, 15) is 4.79 Å². The summed E-state index contributed by atoms with van der Waals surface area (Å²) in [6.45, 7) is 5.91. The lowest BCUT2D eigenvalue weighted by Crippen LogP contribution is -2.41. The summed E-state index contributed by atoms with van der Waals surface area (Å²) in [7, 11) is 1.86. The van der Waals surface area contributed by atoms with Gasteiger partial charge in [0.1, 0.15) is 0 Å². The second kappa shape index (κ2) is 7.07. The highest BCUT2D eigenvalue weighted by atomic mass is 16.2. The number of nitrogens with zero attached hydrogens (tertiary/aromatic N) is 3. The predicted octanol–water partition coefficient (Wildman–Crippen LogP) is 3.16. The van der Waals surface area contributed by atoms with Gasteiger partial charge in [-0.3, -0.25) is 0 Å². The van der Waals surface area contributed by atoms with Crippen LogP contribution in [0.3, 0.4) is 0 Å². The normalized spacial score (nSPS) is 19.1. The van der Waals surface area contributed by atoms with Crippen LogP contribution < -0.4 is 5.32 Å². The average Bonchev–Trinajstić information content (AvgIpc) is 3.16. The van der Waals surface area contributed by atoms with Gasteiger partial charge < -0.3 is 14.8 Å². The first-order chi connectivity index (χ1) is 11.5. The molecule has 3 rings (SSSR count). The molecule has 0 spiro atoms. The molecular weight excluding hydrogens is 300 g/mol. The number of imidazole rings is 1. The van der Waals surface area contributed by atoms with Crippen molar-refractivity contribution < 1.29 is 4.79 Å². The van der Waals surface area contributed by atoms with Crippen LogP contribution in [0.15, 0.2) is 36.9 Å². The fourth-order valence-corrected chi connectivity index (χ4v) is 3.44. The first-order valence-electron chi connectivity index (χ1n) is 8.61. The molecule has 0 saturated heterocycles. The molecule has 0 fully saturated rings. The molecule has 0 saturated carbocycles. The van der Waals surface area contributed by atoms with Gasteiger partial charge in [0.2, 0.25) is 0 Å². The van der Waals surface area contributed by atoms with Crippen molar-refractivity contribution >= 4 is 6.03 Å². The fraction of sp³-hybridized carbons (Fsp3) is 0.474. The van der Waals surface area contributed by atoms with Crippen molar-refractivity contribution in [3.05, 3.63) is 53.6 Å². The number of aryl methyl sites for hydroxylation is 2. The molecule has 0 aliphatic heterocycles. The molecule has 5 nitrogen and oxygen atoms in total. The van der Waals surface area contributed by atoms with E-state index in [4.69, 9.17) is 0 Å². The minimum absolute atomic E-state index is 0.00633. The Bertz CT molecular complexity index is 695. The van der Waals surface area contributed by atoms with Crippen LogP contribution in [0.4, 0.5) is 4.79 Å². The molecule has 1 N–H and O–H groups in total. The van der Waals surface area contributed by atoms with Gasteiger partial charge in [-0.2, -0.15) is 0 Å². The Morgan fingerprint density at radius 3 is 3.04 bits per heavy atom. The zero-order valence-electron chi connectivity index (χ0n) is 14.7. The summed E-state index contributed by atoms with van der Waals surface area (Å²) < 4.78 is 2.03. The number of fused-ring (bicyclic) bond motifs is 1. The van der Waals surface area contributed by atoms with Crippen LogP contribution in [0.5, 0.6) is 0 Å². The maximum Gasteiger partial charge on any atom is 0.317 e. The minimum atomic E-state index is 0.00633. The summed E-state index contributed by atoms with van der Waals surface area (Å²) in [5, 5.41) is 3.22. The summed E-state index contributed by atoms with van der Waals surface area (Å²) in [5.41, 5.74) is 3.89. The highest BCUT2D eigenvalue weighted by molar-refractivity contribution is 5.74. The first kappa shape index (κ1) is 16.6. The molecule has 0 unspecified atom stereocenters. The maximum absolute atomic E-state index is 12.5. The van der Waals surface area contributed by atoms with E-state index in [1.165, 1.54) is 16.7 Å². The van der Waals surface area contributed by atoms with Gasteiger partial charge >= 0.3 is 6.03 Å². The largest absolute Gasteiger partial charge is 0.337 e. The topological polar surface area (TPSA) is 50.2 Å². The molecule has 0 radical (unpaired) electrons. The maximum atomic E-state index is 12.5. The van der Waals surface area contributed by atoms with E-state index < -0.39 is 0 Å². The van der Waals surface area contributed by atoms with E-state index in [1.807, 2.05) is 17.8 Å². The van der Waals surface area contributed by atoms with Crippen molar-refractivity contribution in [2.24, 2.45) is 5.92 Å². The smallest absolute Gasteiger partial charge is 0.317 e. The molecule has 1 aromatic carbocycles. The lowest BCUT2D eigenvalue weighted by atomic mass is 10.0. The first-order valence-corrected chi connectivity index (χ1v) is 8.61. The Morgan fingerprint density at radius 2 is 2.29 bits per heavy atom. The third-order valence-electron chi connectivity index (χ3n) is 4.84. The molecule has 24 heavy (non-hydrogen) atoms. The molecule has 1 aliphatic rings. The molecule has 1 aliphatic carbocycles. The van der Waals surface area contributed by atoms with E-state index in [0.29, 0.717) is 5.92 Å². The highest BCUT2D eigenvalue weighted by Crippen LogP contribution is 2.36. The second-order valence-corrected chi connectivity index (χ2v) is 6.89. The zero-order valence-corrected chi connectivity index (χ0v) is 14.7. The Balaban J connectivity index is 1.55. The molecule has 1 aromatic heterocycles. The molecule has 2 atom stereocenters. The number of nitrogens with one attached hydrogen (secondary N) is 1. The standard InChI is InChI=1S/C19H26N4O/c1-14-5-6-16-12-15(2)18(17(16)11-14)21-19(24)22(3)8-4-9-23-10-7-20-13-23/h5-7,10-11,13,15,18H,4,8-9,12H2,1-3H3,(H,21,24)/t15-,18+/m0/s1. The zero-order chi connectivity index (χ0) is 17.1. The van der Waals surface area contributed by atoms with Gasteiger partial charge in [0.25, 0.3) is 0 Å². The van der Waals surface area contributed by atoms with Gasteiger partial charge in [0, 0.05) is 32.5 Å². The van der Waals surface area contributed by atoms with Crippen molar-refractivity contribution in [2.45, 2.75) is 39.3 Å². The summed E-state index contributed by atoms with van der Waals surface area (Å²) in [5.74, 6) is 0.435. The van der Waals surface area contributed by atoms with Crippen LogP contribution in [0.25, 0.3) is 0 Å². The molecule has 5 heteroatoms. The van der Waals surface area contributed by atoms with Crippen LogP contribution in [0.1, 0.15) is 36.1 Å². The van der Waals surface area contributed by atoms with Crippen molar-refractivity contribution in [2.75, 3.05) is 13.6 Å². The predicted molar refractivity (Wildman–Crippen MR) is 94.8 cm³/mol. The monoisotopic (exact) mass is 326 g/mol. The van der Waals surface area contributed by atoms with E-state index in [2.05, 4.69) is 42.3 Å². The van der Waals surface area contributed by atoms with E-state index >= 15 is 0 Å². The molecule has 2 amide bonds. The van der Waals surface area contributed by atoms with E-state index in [0.717, 1.165) is 25.9 Å². The Hall–Kier alpha value is -2.30. The number of carbonyl (C=O) groups is 1. The molecule has 0 bridgehead atoms. The van der Waals surface area contributed by atoms with Gasteiger partial charge in [0.15, 0.2) is 0 Å². The number of urea groups is 1. The van der Waals surface area contributed by atoms with Crippen LogP contribution in [0, 0.1) is 12.8 Å². The van der Waals surface area contributed by atoms with E-state index in [1.54, 1.807) is 17.4 Å². The fourth-order valence-electron chi connectivity index (χ4n) is 3.44. The van der Waals surface area contributed by atoms with Gasteiger partial charge in [-0.1, -0.05) is 30.7 Å². The van der Waals surface area contributed by atoms with Gasteiger partial charge in [-0.05, 0) is 36.8 Å². The highest BCUT2D eigenvalue weighted by Gasteiger charge is 2.31. The lowest BCUT2D eigenvalue weighted by Gasteiger charge is -2.24. The quantitative estimate of drug-likeness (QED) is 0.917. The number of amides is 2. The molecule has 2 aromatic rings. The minimum Gasteiger partial charge on any atom is -0.337 e. The molecule has 128 valence electrons. The van der Waals surface area contributed by atoms with Crippen molar-refractivity contribution in [1.29, 1.82) is 0 Å². The lowest BCUT2D eigenvalue weighted by molar-refractivity contribution is 0.200. The van der Waals surface area contributed by atoms with Gasteiger partial charge in [-0.25, -0.2) is 9.78 Å². The average molecular weight is 326 g/mol. The summed E-state index contributed by atoms with van der Waals surface area (Å²) in [4.78, 5) is 18.3. The number of benzene rings is 1. The SMILES string of the molecule is Cc1ccc2c(c1)[C@H](NC(=O)N(C)CCCn1ccnc1)[C@@H](C)C2. The number of carbonyl (C=O) groups excluding carboxylic acids is 1. The summed E-state index contributed by atoms with van der Waals surface area (Å²) in [6, 6.07) is 6.68. The van der Waals surface area contributed by atoms with Crippen LogP contribution >= 0.6 is 0 Å². The number of hydrogen-bond acceptors (Lipinski definition) is 2. The third-order valence-corrected chi connectivity index (χ3v) is 4.84. The summed E-state index contributed by atoms with van der Waals surface area (Å²) in [6.07, 6.45) is 7.47. The number of hydrogen-bond donors (Lipinski definition) is 1. The summed E-state index contributed by atoms with van der Waals surface area (Å²) >= 11 is 0. The Kier molecular flexibility index (Phi) is 4.88. The van der Waals surface area contributed by atoms with Gasteiger partial charge in [0.05, 0.1) is 12.4 Å². The molecule has 1 heterocycles. The van der Waals surface area contributed by atoms with Crippen LogP contribution in [0.2, 0.25) is 0 Å². The van der Waals surface area contributed by atoms with Crippen molar-refractivity contribution in [3.8, 4) is 0 Å². The third kappa shape index (κ3) is 3.61. The van der Waals surface area contributed by atoms with Crippen molar-refractivity contribution in [1.82, 2.24) is 19.8 Å². The Labute approximate surface area is 143 Å². The second-order valence-electron chi connectivity index (χ2n) is 6.89. The number of aromatic nitrogens is 2. The van der Waals surface area contributed by atoms with E-state index in [-0.39, 0.29) is 12.1 Å². The van der Waals surface area contributed by atoms with Crippen molar-refractivity contribution in [3.63, 3.8) is 0 Å². The Morgan fingerprint density at radius 1 is 1.46 bits per heavy atom. The molecular formula is C19H26N4O. The van der Waals surface area contributed by atoms with Crippen LogP contribution in [-0.2, 0) is 13.0 Å². The van der Waals surface area contributed by atoms with Gasteiger partial charge in [-0.15, -0.1) is 0 Å².